The molecule has 0 radical (unpaired) electrons. The Kier molecular flexibility index (Phi) is 6.19. The maximum atomic E-state index is 12.9. The number of nitrogens with zero attached hydrogens (tertiary/aromatic N) is 3. The Balaban J connectivity index is 1.83. The molecule has 1 N–H and O–H groups in total. The van der Waals surface area contributed by atoms with Crippen molar-refractivity contribution in [1.29, 1.82) is 0 Å². The molecule has 0 unspecified atom stereocenters. The number of hydrogen-bond acceptors (Lipinski definition) is 6. The van der Waals surface area contributed by atoms with E-state index in [0.717, 1.165) is 44.6 Å². The van der Waals surface area contributed by atoms with Gasteiger partial charge >= 0.3 is 0 Å². The summed E-state index contributed by atoms with van der Waals surface area (Å²) in [7, 11) is -2.20. The summed E-state index contributed by atoms with van der Waals surface area (Å²) in [6.45, 7) is 0.827. The van der Waals surface area contributed by atoms with Crippen molar-refractivity contribution in [3.8, 4) is 0 Å². The monoisotopic (exact) mass is 410 g/mol. The standard InChI is InChI=1S/C18H26N4O5S/c1-20(13-18(23)19-14-6-7-14)16-9-8-15(12-17(16)22(24)25)28(26,27)21-10-4-2-3-5-11-21/h8-9,12,14H,2-7,10-11,13H2,1H3,(H,19,23). The second-order valence-electron chi connectivity index (χ2n) is 7.42. The quantitative estimate of drug-likeness (QED) is 0.542. The number of carbonyl (C=O) groups excluding carboxylic acids is 1. The first kappa shape index (κ1) is 20.5. The highest BCUT2D eigenvalue weighted by atomic mass is 32.2. The topological polar surface area (TPSA) is 113 Å². The molecule has 154 valence electrons. The molecule has 2 fully saturated rings. The first-order valence-corrected chi connectivity index (χ1v) is 11.0. The fraction of sp³-hybridized carbons (Fsp3) is 0.611. The van der Waals surface area contributed by atoms with Crippen molar-refractivity contribution >= 4 is 27.3 Å². The van der Waals surface area contributed by atoms with Gasteiger partial charge in [0.15, 0.2) is 0 Å². The lowest BCUT2D eigenvalue weighted by Crippen LogP contribution is -2.36. The molecule has 10 heteroatoms. The van der Waals surface area contributed by atoms with Crippen LogP contribution in [0.3, 0.4) is 0 Å². The van der Waals surface area contributed by atoms with Crippen LogP contribution in [0.1, 0.15) is 38.5 Å². The zero-order valence-corrected chi connectivity index (χ0v) is 16.8. The highest BCUT2D eigenvalue weighted by Gasteiger charge is 2.29. The van der Waals surface area contributed by atoms with Crippen LogP contribution in [0, 0.1) is 10.1 Å². The molecule has 1 saturated carbocycles. The van der Waals surface area contributed by atoms with E-state index in [-0.39, 0.29) is 34.8 Å². The number of benzene rings is 1. The lowest BCUT2D eigenvalue weighted by Gasteiger charge is -2.22. The van der Waals surface area contributed by atoms with Crippen molar-refractivity contribution in [2.24, 2.45) is 0 Å². The van der Waals surface area contributed by atoms with Crippen molar-refractivity contribution < 1.29 is 18.1 Å². The summed E-state index contributed by atoms with van der Waals surface area (Å²) in [6, 6.07) is 4.10. The molecule has 3 rings (SSSR count). The Bertz CT molecular complexity index is 846. The van der Waals surface area contributed by atoms with Gasteiger partial charge in [0.2, 0.25) is 15.9 Å². The Hall–Kier alpha value is -2.20. The number of hydrogen-bond donors (Lipinski definition) is 1. The lowest BCUT2D eigenvalue weighted by molar-refractivity contribution is -0.384. The molecule has 0 bridgehead atoms. The Morgan fingerprint density at radius 2 is 1.89 bits per heavy atom. The third kappa shape index (κ3) is 4.79. The molecule has 0 spiro atoms. The number of rotatable bonds is 7. The summed E-state index contributed by atoms with van der Waals surface area (Å²) in [5, 5.41) is 14.4. The van der Waals surface area contributed by atoms with Gasteiger partial charge in [-0.1, -0.05) is 12.8 Å². The minimum atomic E-state index is -3.78. The number of anilines is 1. The first-order chi connectivity index (χ1) is 13.3. The number of amides is 1. The molecule has 0 aromatic heterocycles. The normalized spacial score (nSPS) is 18.3. The minimum absolute atomic E-state index is 0.0322. The number of nitrogens with one attached hydrogen (secondary N) is 1. The summed E-state index contributed by atoms with van der Waals surface area (Å²) < 4.78 is 27.3. The van der Waals surface area contributed by atoms with E-state index in [9.17, 15) is 23.3 Å². The second kappa shape index (κ2) is 8.44. The molecule has 28 heavy (non-hydrogen) atoms. The fourth-order valence-electron chi connectivity index (χ4n) is 3.37. The molecule has 1 aliphatic carbocycles. The summed E-state index contributed by atoms with van der Waals surface area (Å²) in [6.07, 6.45) is 5.46. The molecule has 1 saturated heterocycles. The van der Waals surface area contributed by atoms with Gasteiger partial charge in [-0.25, -0.2) is 8.42 Å². The van der Waals surface area contributed by atoms with E-state index in [4.69, 9.17) is 0 Å². The van der Waals surface area contributed by atoms with E-state index in [1.165, 1.54) is 21.3 Å². The Morgan fingerprint density at radius 3 is 2.46 bits per heavy atom. The molecule has 2 aliphatic rings. The van der Waals surface area contributed by atoms with Gasteiger partial charge in [0, 0.05) is 32.2 Å². The van der Waals surface area contributed by atoms with Crippen molar-refractivity contribution in [3.63, 3.8) is 0 Å². The average molecular weight is 410 g/mol. The largest absolute Gasteiger partial charge is 0.360 e. The van der Waals surface area contributed by atoms with E-state index >= 15 is 0 Å². The zero-order chi connectivity index (χ0) is 20.3. The smallest absolute Gasteiger partial charge is 0.293 e. The summed E-state index contributed by atoms with van der Waals surface area (Å²) in [5.74, 6) is -0.208. The Labute approximate surface area is 164 Å². The zero-order valence-electron chi connectivity index (χ0n) is 16.0. The van der Waals surface area contributed by atoms with Gasteiger partial charge in [0.25, 0.3) is 5.69 Å². The lowest BCUT2D eigenvalue weighted by atomic mass is 10.2. The Morgan fingerprint density at radius 1 is 1.25 bits per heavy atom. The summed E-state index contributed by atoms with van der Waals surface area (Å²) >= 11 is 0. The molecule has 1 aliphatic heterocycles. The molecule has 1 amide bonds. The van der Waals surface area contributed by atoms with E-state index in [2.05, 4.69) is 5.32 Å². The van der Waals surface area contributed by atoms with Gasteiger partial charge < -0.3 is 10.2 Å². The highest BCUT2D eigenvalue weighted by molar-refractivity contribution is 7.89. The third-order valence-electron chi connectivity index (χ3n) is 5.08. The third-order valence-corrected chi connectivity index (χ3v) is 6.98. The van der Waals surface area contributed by atoms with Gasteiger partial charge in [0.1, 0.15) is 5.69 Å². The molecule has 0 atom stereocenters. The summed E-state index contributed by atoms with van der Waals surface area (Å²) in [5.41, 5.74) is -0.108. The molecule has 1 heterocycles. The predicted molar refractivity (Wildman–Crippen MR) is 105 cm³/mol. The van der Waals surface area contributed by atoms with Crippen molar-refractivity contribution in [2.45, 2.75) is 49.5 Å². The number of carbonyl (C=O) groups is 1. The maximum Gasteiger partial charge on any atom is 0.293 e. The van der Waals surface area contributed by atoms with Crippen LogP contribution in [0.25, 0.3) is 0 Å². The van der Waals surface area contributed by atoms with Crippen LogP contribution in [0.15, 0.2) is 23.1 Å². The van der Waals surface area contributed by atoms with Crippen molar-refractivity contribution in [3.05, 3.63) is 28.3 Å². The van der Waals surface area contributed by atoms with Crippen LogP contribution in [0.5, 0.6) is 0 Å². The van der Waals surface area contributed by atoms with Gasteiger partial charge in [-0.15, -0.1) is 0 Å². The van der Waals surface area contributed by atoms with Gasteiger partial charge in [0.05, 0.1) is 16.4 Å². The van der Waals surface area contributed by atoms with Crippen molar-refractivity contribution in [2.75, 3.05) is 31.6 Å². The number of sulfonamides is 1. The second-order valence-corrected chi connectivity index (χ2v) is 9.36. The average Bonchev–Trinajstić information content (AvgIpc) is 3.47. The van der Waals surface area contributed by atoms with Crippen LogP contribution in [-0.2, 0) is 14.8 Å². The van der Waals surface area contributed by atoms with Gasteiger partial charge in [-0.2, -0.15) is 4.31 Å². The molecule has 1 aromatic carbocycles. The van der Waals surface area contributed by atoms with E-state index in [0.29, 0.717) is 13.1 Å². The molecule has 1 aromatic rings. The van der Waals surface area contributed by atoms with Crippen LogP contribution in [0.4, 0.5) is 11.4 Å². The van der Waals surface area contributed by atoms with E-state index < -0.39 is 14.9 Å². The number of nitro benzene ring substituents is 1. The summed E-state index contributed by atoms with van der Waals surface area (Å²) in [4.78, 5) is 24.4. The number of nitro groups is 1. The first-order valence-electron chi connectivity index (χ1n) is 9.58. The molecular formula is C18H26N4O5S. The molecular weight excluding hydrogens is 384 g/mol. The van der Waals surface area contributed by atoms with Crippen LogP contribution >= 0.6 is 0 Å². The predicted octanol–water partition coefficient (Wildman–Crippen LogP) is 1.87. The van der Waals surface area contributed by atoms with Crippen LogP contribution in [0.2, 0.25) is 0 Å². The maximum absolute atomic E-state index is 12.9. The van der Waals surface area contributed by atoms with E-state index in [1.54, 1.807) is 7.05 Å². The fourth-order valence-corrected chi connectivity index (χ4v) is 4.90. The molecule has 9 nitrogen and oxygen atoms in total. The van der Waals surface area contributed by atoms with Gasteiger partial charge in [-0.3, -0.25) is 14.9 Å². The van der Waals surface area contributed by atoms with Crippen molar-refractivity contribution in [1.82, 2.24) is 9.62 Å². The van der Waals surface area contributed by atoms with Gasteiger partial charge in [-0.05, 0) is 37.8 Å². The SMILES string of the molecule is CN(CC(=O)NC1CC1)c1ccc(S(=O)(=O)N2CCCCCC2)cc1[N+](=O)[O-]. The minimum Gasteiger partial charge on any atom is -0.360 e. The highest BCUT2D eigenvalue weighted by Crippen LogP contribution is 2.32. The van der Waals surface area contributed by atoms with E-state index in [1.807, 2.05) is 0 Å². The number of likely N-dealkylation sites (N-methyl/N-ethyl adjacent to an activating group) is 1. The van der Waals surface area contributed by atoms with Crippen LogP contribution < -0.4 is 10.2 Å². The van der Waals surface area contributed by atoms with Crippen LogP contribution in [-0.4, -0.2) is 56.3 Å².